The van der Waals surface area contributed by atoms with Crippen molar-refractivity contribution >= 4 is 0 Å². The fourth-order valence-electron chi connectivity index (χ4n) is 3.30. The fraction of sp³-hybridized carbons (Fsp3) is 1.00. The van der Waals surface area contributed by atoms with E-state index in [2.05, 4.69) is 33.0 Å². The molecule has 14 heavy (non-hydrogen) atoms. The van der Waals surface area contributed by atoms with Crippen LogP contribution in [0.4, 0.5) is 0 Å². The Bertz CT molecular complexity index is 209. The Morgan fingerprint density at radius 1 is 0.857 bits per heavy atom. The van der Waals surface area contributed by atoms with Crippen molar-refractivity contribution in [1.82, 2.24) is 5.32 Å². The standard InChI is InChI=1S/C13H25N/c1-12(2)6-5-10(7-12)14-11-8-13(3,4)9-11/h10-11,14H,5-9H2,1-4H3. The number of hydrogen-bond donors (Lipinski definition) is 1. The summed E-state index contributed by atoms with van der Waals surface area (Å²) in [5, 5.41) is 3.83. The van der Waals surface area contributed by atoms with Crippen molar-refractivity contribution in [2.75, 3.05) is 0 Å². The quantitative estimate of drug-likeness (QED) is 0.712. The summed E-state index contributed by atoms with van der Waals surface area (Å²) in [5.74, 6) is 0. The maximum Gasteiger partial charge on any atom is 0.00798 e. The molecule has 2 aliphatic carbocycles. The third-order valence-electron chi connectivity index (χ3n) is 4.04. The molecule has 1 nitrogen and oxygen atoms in total. The zero-order valence-electron chi connectivity index (χ0n) is 10.2. The number of nitrogens with one attached hydrogen (secondary N) is 1. The molecule has 1 atom stereocenters. The van der Waals surface area contributed by atoms with Gasteiger partial charge in [0, 0.05) is 12.1 Å². The van der Waals surface area contributed by atoms with Gasteiger partial charge in [-0.05, 0) is 42.9 Å². The van der Waals surface area contributed by atoms with E-state index in [0.717, 1.165) is 12.1 Å². The molecule has 82 valence electrons. The van der Waals surface area contributed by atoms with Crippen molar-refractivity contribution in [3.63, 3.8) is 0 Å². The summed E-state index contributed by atoms with van der Waals surface area (Å²) in [6, 6.07) is 1.63. The maximum absolute atomic E-state index is 3.83. The van der Waals surface area contributed by atoms with Crippen molar-refractivity contribution < 1.29 is 0 Å². The second-order valence-electron chi connectivity index (χ2n) is 7.04. The smallest absolute Gasteiger partial charge is 0.00798 e. The van der Waals surface area contributed by atoms with Crippen LogP contribution >= 0.6 is 0 Å². The zero-order chi connectivity index (χ0) is 10.4. The van der Waals surface area contributed by atoms with Crippen LogP contribution in [0.1, 0.15) is 59.8 Å². The number of rotatable bonds is 2. The van der Waals surface area contributed by atoms with Gasteiger partial charge in [0.05, 0.1) is 0 Å². The van der Waals surface area contributed by atoms with Gasteiger partial charge in [-0.25, -0.2) is 0 Å². The molecule has 0 aromatic carbocycles. The van der Waals surface area contributed by atoms with Gasteiger partial charge in [0.2, 0.25) is 0 Å². The predicted octanol–water partition coefficient (Wildman–Crippen LogP) is 3.34. The Morgan fingerprint density at radius 3 is 1.86 bits per heavy atom. The Balaban J connectivity index is 1.73. The van der Waals surface area contributed by atoms with Gasteiger partial charge >= 0.3 is 0 Å². The molecule has 2 aliphatic rings. The average molecular weight is 195 g/mol. The molecule has 0 radical (unpaired) electrons. The second-order valence-corrected chi connectivity index (χ2v) is 7.04. The molecular weight excluding hydrogens is 170 g/mol. The van der Waals surface area contributed by atoms with Crippen LogP contribution in [0.2, 0.25) is 0 Å². The third-order valence-corrected chi connectivity index (χ3v) is 4.04. The van der Waals surface area contributed by atoms with Gasteiger partial charge in [0.15, 0.2) is 0 Å². The molecule has 0 amide bonds. The molecule has 0 aliphatic heterocycles. The maximum atomic E-state index is 3.83. The van der Waals surface area contributed by atoms with Crippen LogP contribution in [0.25, 0.3) is 0 Å². The first-order valence-corrected chi connectivity index (χ1v) is 6.12. The molecule has 0 aromatic rings. The van der Waals surface area contributed by atoms with E-state index in [1.807, 2.05) is 0 Å². The minimum absolute atomic E-state index is 0.594. The second kappa shape index (κ2) is 3.23. The summed E-state index contributed by atoms with van der Waals surface area (Å²) in [7, 11) is 0. The molecule has 1 heteroatoms. The SMILES string of the molecule is CC1(C)CCC(NC2CC(C)(C)C2)C1. The molecule has 1 unspecified atom stereocenters. The zero-order valence-corrected chi connectivity index (χ0v) is 10.2. The molecule has 0 saturated heterocycles. The molecule has 1 N–H and O–H groups in total. The van der Waals surface area contributed by atoms with E-state index in [4.69, 9.17) is 0 Å². The lowest BCUT2D eigenvalue weighted by molar-refractivity contribution is 0.115. The van der Waals surface area contributed by atoms with Crippen LogP contribution in [0.5, 0.6) is 0 Å². The Morgan fingerprint density at radius 2 is 1.43 bits per heavy atom. The van der Waals surface area contributed by atoms with Crippen LogP contribution in [0, 0.1) is 10.8 Å². The fourth-order valence-corrected chi connectivity index (χ4v) is 3.30. The largest absolute Gasteiger partial charge is 0.311 e. The summed E-state index contributed by atoms with van der Waals surface area (Å²) in [4.78, 5) is 0. The molecule has 0 aromatic heterocycles. The van der Waals surface area contributed by atoms with Crippen molar-refractivity contribution in [2.45, 2.75) is 71.9 Å². The molecule has 0 heterocycles. The first-order chi connectivity index (χ1) is 6.36. The summed E-state index contributed by atoms with van der Waals surface area (Å²) in [6.45, 7) is 9.56. The van der Waals surface area contributed by atoms with Crippen LogP contribution in [-0.2, 0) is 0 Å². The van der Waals surface area contributed by atoms with E-state index < -0.39 is 0 Å². The first-order valence-electron chi connectivity index (χ1n) is 6.12. The molecule has 2 fully saturated rings. The van der Waals surface area contributed by atoms with Gasteiger partial charge in [-0.3, -0.25) is 0 Å². The molecule has 2 rings (SSSR count). The minimum Gasteiger partial charge on any atom is -0.311 e. The highest BCUT2D eigenvalue weighted by molar-refractivity contribution is 4.95. The van der Waals surface area contributed by atoms with Crippen LogP contribution in [0.3, 0.4) is 0 Å². The van der Waals surface area contributed by atoms with Crippen LogP contribution in [0.15, 0.2) is 0 Å². The van der Waals surface area contributed by atoms with Crippen molar-refractivity contribution in [2.24, 2.45) is 10.8 Å². The Kier molecular flexibility index (Phi) is 2.42. The van der Waals surface area contributed by atoms with Crippen molar-refractivity contribution in [3.05, 3.63) is 0 Å². The summed E-state index contributed by atoms with van der Waals surface area (Å²) in [6.07, 6.45) is 6.93. The van der Waals surface area contributed by atoms with Crippen molar-refractivity contribution in [3.8, 4) is 0 Å². The molecule has 2 saturated carbocycles. The normalized spacial score (nSPS) is 35.6. The third kappa shape index (κ3) is 2.31. The highest BCUT2D eigenvalue weighted by atomic mass is 15.0. The van der Waals surface area contributed by atoms with Crippen molar-refractivity contribution in [1.29, 1.82) is 0 Å². The summed E-state index contributed by atoms with van der Waals surface area (Å²) >= 11 is 0. The summed E-state index contributed by atoms with van der Waals surface area (Å²) < 4.78 is 0. The van der Waals surface area contributed by atoms with Crippen LogP contribution in [-0.4, -0.2) is 12.1 Å². The predicted molar refractivity (Wildman–Crippen MR) is 61.4 cm³/mol. The van der Waals surface area contributed by atoms with Gasteiger partial charge in [-0.2, -0.15) is 0 Å². The minimum atomic E-state index is 0.594. The highest BCUT2D eigenvalue weighted by Crippen LogP contribution is 2.42. The van der Waals surface area contributed by atoms with Gasteiger partial charge in [0.25, 0.3) is 0 Å². The average Bonchev–Trinajstić information content (AvgIpc) is 2.26. The Hall–Kier alpha value is -0.0400. The highest BCUT2D eigenvalue weighted by Gasteiger charge is 2.39. The van der Waals surface area contributed by atoms with Gasteiger partial charge < -0.3 is 5.32 Å². The molecule has 0 spiro atoms. The van der Waals surface area contributed by atoms with Gasteiger partial charge in [-0.15, -0.1) is 0 Å². The van der Waals surface area contributed by atoms with E-state index in [1.165, 1.54) is 32.1 Å². The van der Waals surface area contributed by atoms with E-state index in [9.17, 15) is 0 Å². The number of hydrogen-bond acceptors (Lipinski definition) is 1. The summed E-state index contributed by atoms with van der Waals surface area (Å²) in [5.41, 5.74) is 1.21. The van der Waals surface area contributed by atoms with Gasteiger partial charge in [-0.1, -0.05) is 27.7 Å². The molecular formula is C13H25N. The van der Waals surface area contributed by atoms with E-state index in [-0.39, 0.29) is 0 Å². The van der Waals surface area contributed by atoms with Crippen LogP contribution < -0.4 is 5.32 Å². The Labute approximate surface area is 88.7 Å². The van der Waals surface area contributed by atoms with E-state index in [1.54, 1.807) is 0 Å². The lowest BCUT2D eigenvalue weighted by Crippen LogP contribution is -2.49. The monoisotopic (exact) mass is 195 g/mol. The lowest BCUT2D eigenvalue weighted by Gasteiger charge is -2.44. The first kappa shape index (κ1) is 10.5. The lowest BCUT2D eigenvalue weighted by atomic mass is 9.68. The molecule has 0 bridgehead atoms. The van der Waals surface area contributed by atoms with E-state index in [0.29, 0.717) is 10.8 Å². The topological polar surface area (TPSA) is 12.0 Å². The van der Waals surface area contributed by atoms with Gasteiger partial charge in [0.1, 0.15) is 0 Å². The van der Waals surface area contributed by atoms with E-state index >= 15 is 0 Å².